The molecule has 1 N–H and O–H groups in total. The molecular formula is C20H30N2O. The van der Waals surface area contributed by atoms with Gasteiger partial charge in [-0.25, -0.2) is 0 Å². The highest BCUT2D eigenvalue weighted by Crippen LogP contribution is 2.30. The van der Waals surface area contributed by atoms with Crippen molar-refractivity contribution in [2.75, 3.05) is 26.2 Å². The number of hydrogen-bond acceptors (Lipinski definition) is 3. The van der Waals surface area contributed by atoms with Gasteiger partial charge >= 0.3 is 0 Å². The first-order valence-electron chi connectivity index (χ1n) is 9.54. The second-order valence-electron chi connectivity index (χ2n) is 7.71. The quantitative estimate of drug-likeness (QED) is 0.870. The number of nitrogens with zero attached hydrogens (tertiary/aromatic N) is 1. The average molecular weight is 314 g/mol. The standard InChI is InChI=1S/C20H30N2O/c1-2-20(21-11-1)18-9-12-22(13-10-18)14-16-5-7-19(8-6-16)23-15-17-3-4-17/h5-8,17-18,20-21H,1-4,9-15H2. The first kappa shape index (κ1) is 15.5. The maximum Gasteiger partial charge on any atom is 0.119 e. The Morgan fingerprint density at radius 2 is 1.78 bits per heavy atom. The van der Waals surface area contributed by atoms with Crippen molar-refractivity contribution >= 4 is 0 Å². The van der Waals surface area contributed by atoms with Crippen LogP contribution in [0.1, 0.15) is 44.1 Å². The molecular weight excluding hydrogens is 284 g/mol. The van der Waals surface area contributed by atoms with E-state index in [2.05, 4.69) is 34.5 Å². The zero-order valence-corrected chi connectivity index (χ0v) is 14.2. The van der Waals surface area contributed by atoms with Gasteiger partial charge in [-0.15, -0.1) is 0 Å². The van der Waals surface area contributed by atoms with Crippen molar-refractivity contribution < 1.29 is 4.74 Å². The van der Waals surface area contributed by atoms with Gasteiger partial charge in [-0.3, -0.25) is 4.90 Å². The summed E-state index contributed by atoms with van der Waals surface area (Å²) in [5.74, 6) is 2.77. The fourth-order valence-electron chi connectivity index (χ4n) is 4.08. The molecule has 1 aliphatic carbocycles. The van der Waals surface area contributed by atoms with E-state index in [-0.39, 0.29) is 0 Å². The molecule has 1 atom stereocenters. The van der Waals surface area contributed by atoms with Gasteiger partial charge in [0.25, 0.3) is 0 Å². The molecule has 4 rings (SSSR count). The Morgan fingerprint density at radius 3 is 2.43 bits per heavy atom. The smallest absolute Gasteiger partial charge is 0.119 e. The van der Waals surface area contributed by atoms with Gasteiger partial charge in [0.05, 0.1) is 6.61 Å². The van der Waals surface area contributed by atoms with Gasteiger partial charge in [-0.05, 0) is 87.7 Å². The minimum Gasteiger partial charge on any atom is -0.493 e. The number of rotatable bonds is 6. The van der Waals surface area contributed by atoms with Gasteiger partial charge in [0, 0.05) is 12.6 Å². The molecule has 1 aromatic carbocycles. The van der Waals surface area contributed by atoms with E-state index in [1.807, 2.05) is 0 Å². The molecule has 0 radical (unpaired) electrons. The summed E-state index contributed by atoms with van der Waals surface area (Å²) < 4.78 is 5.83. The minimum atomic E-state index is 0.806. The maximum atomic E-state index is 5.83. The molecule has 126 valence electrons. The lowest BCUT2D eigenvalue weighted by molar-refractivity contribution is 0.157. The fraction of sp³-hybridized carbons (Fsp3) is 0.700. The van der Waals surface area contributed by atoms with E-state index >= 15 is 0 Å². The van der Waals surface area contributed by atoms with Gasteiger partial charge in [-0.1, -0.05) is 12.1 Å². The van der Waals surface area contributed by atoms with Crippen LogP contribution in [0.5, 0.6) is 5.75 Å². The summed E-state index contributed by atoms with van der Waals surface area (Å²) in [4.78, 5) is 2.62. The van der Waals surface area contributed by atoms with Gasteiger partial charge in [0.2, 0.25) is 0 Å². The number of piperidine rings is 1. The fourth-order valence-corrected chi connectivity index (χ4v) is 4.08. The predicted molar refractivity (Wildman–Crippen MR) is 93.7 cm³/mol. The number of nitrogens with one attached hydrogen (secondary N) is 1. The van der Waals surface area contributed by atoms with Crippen LogP contribution in [0, 0.1) is 11.8 Å². The monoisotopic (exact) mass is 314 g/mol. The van der Waals surface area contributed by atoms with Crippen LogP contribution in [-0.2, 0) is 6.54 Å². The van der Waals surface area contributed by atoms with Gasteiger partial charge < -0.3 is 10.1 Å². The molecule has 1 saturated carbocycles. The van der Waals surface area contributed by atoms with Crippen LogP contribution in [0.2, 0.25) is 0 Å². The predicted octanol–water partition coefficient (Wildman–Crippen LogP) is 3.44. The lowest BCUT2D eigenvalue weighted by Gasteiger charge is -2.34. The summed E-state index contributed by atoms with van der Waals surface area (Å²) in [6.45, 7) is 5.74. The van der Waals surface area contributed by atoms with Crippen LogP contribution >= 0.6 is 0 Å². The third kappa shape index (κ3) is 4.27. The molecule has 2 saturated heterocycles. The number of ether oxygens (including phenoxy) is 1. The van der Waals surface area contributed by atoms with E-state index in [1.165, 1.54) is 63.7 Å². The SMILES string of the molecule is c1cc(OCC2CC2)ccc1CN1CCC(C2CCCN2)CC1. The van der Waals surface area contributed by atoms with Crippen LogP contribution in [0.4, 0.5) is 0 Å². The summed E-state index contributed by atoms with van der Waals surface area (Å²) in [5, 5.41) is 3.69. The van der Waals surface area contributed by atoms with Crippen molar-refractivity contribution in [3.63, 3.8) is 0 Å². The first-order chi connectivity index (χ1) is 11.4. The molecule has 0 amide bonds. The molecule has 3 fully saturated rings. The van der Waals surface area contributed by atoms with E-state index in [1.54, 1.807) is 0 Å². The third-order valence-corrected chi connectivity index (χ3v) is 5.81. The van der Waals surface area contributed by atoms with Crippen molar-refractivity contribution in [3.05, 3.63) is 29.8 Å². The van der Waals surface area contributed by atoms with Crippen molar-refractivity contribution in [2.45, 2.75) is 51.1 Å². The molecule has 23 heavy (non-hydrogen) atoms. The van der Waals surface area contributed by atoms with Crippen molar-refractivity contribution in [2.24, 2.45) is 11.8 Å². The average Bonchev–Trinajstić information content (AvgIpc) is 3.26. The molecule has 2 heterocycles. The second kappa shape index (κ2) is 7.23. The normalized spacial score (nSPS) is 26.5. The zero-order chi connectivity index (χ0) is 15.5. The minimum absolute atomic E-state index is 0.806. The highest BCUT2D eigenvalue weighted by atomic mass is 16.5. The molecule has 3 heteroatoms. The van der Waals surface area contributed by atoms with Crippen LogP contribution in [0.3, 0.4) is 0 Å². The highest BCUT2D eigenvalue weighted by Gasteiger charge is 2.28. The Bertz CT molecular complexity index is 483. The molecule has 1 unspecified atom stereocenters. The number of likely N-dealkylation sites (tertiary alicyclic amines) is 1. The second-order valence-corrected chi connectivity index (χ2v) is 7.71. The summed E-state index contributed by atoms with van der Waals surface area (Å²) >= 11 is 0. The Hall–Kier alpha value is -1.06. The molecule has 1 aromatic rings. The van der Waals surface area contributed by atoms with E-state index in [9.17, 15) is 0 Å². The highest BCUT2D eigenvalue weighted by molar-refractivity contribution is 5.27. The van der Waals surface area contributed by atoms with Gasteiger partial charge in [0.1, 0.15) is 5.75 Å². The maximum absolute atomic E-state index is 5.83. The molecule has 3 nitrogen and oxygen atoms in total. The third-order valence-electron chi connectivity index (χ3n) is 5.81. The van der Waals surface area contributed by atoms with Crippen molar-refractivity contribution in [1.29, 1.82) is 0 Å². The topological polar surface area (TPSA) is 24.5 Å². The van der Waals surface area contributed by atoms with Gasteiger partial charge in [-0.2, -0.15) is 0 Å². The molecule has 2 aliphatic heterocycles. The largest absolute Gasteiger partial charge is 0.493 e. The van der Waals surface area contributed by atoms with Crippen LogP contribution in [0.15, 0.2) is 24.3 Å². The Morgan fingerprint density at radius 1 is 1.00 bits per heavy atom. The van der Waals surface area contributed by atoms with Crippen LogP contribution in [-0.4, -0.2) is 37.2 Å². The summed E-state index contributed by atoms with van der Waals surface area (Å²) in [6.07, 6.45) is 8.20. The summed E-state index contributed by atoms with van der Waals surface area (Å²) in [5.41, 5.74) is 1.42. The van der Waals surface area contributed by atoms with E-state index < -0.39 is 0 Å². The van der Waals surface area contributed by atoms with Crippen molar-refractivity contribution in [3.8, 4) is 5.75 Å². The molecule has 0 bridgehead atoms. The van der Waals surface area contributed by atoms with E-state index in [0.717, 1.165) is 36.8 Å². The van der Waals surface area contributed by atoms with E-state index in [0.29, 0.717) is 0 Å². The lowest BCUT2D eigenvalue weighted by atomic mass is 9.88. The molecule has 0 aromatic heterocycles. The molecule has 3 aliphatic rings. The Kier molecular flexibility index (Phi) is 4.86. The number of hydrogen-bond donors (Lipinski definition) is 1. The van der Waals surface area contributed by atoms with Crippen LogP contribution in [0.25, 0.3) is 0 Å². The molecule has 0 spiro atoms. The lowest BCUT2D eigenvalue weighted by Crippen LogP contribution is -2.40. The van der Waals surface area contributed by atoms with Crippen LogP contribution < -0.4 is 10.1 Å². The zero-order valence-electron chi connectivity index (χ0n) is 14.2. The summed E-state index contributed by atoms with van der Waals surface area (Å²) in [6, 6.07) is 9.58. The Labute approximate surface area is 140 Å². The number of benzene rings is 1. The Balaban J connectivity index is 1.22. The van der Waals surface area contributed by atoms with Crippen molar-refractivity contribution in [1.82, 2.24) is 10.2 Å². The van der Waals surface area contributed by atoms with E-state index in [4.69, 9.17) is 4.74 Å². The summed E-state index contributed by atoms with van der Waals surface area (Å²) in [7, 11) is 0. The van der Waals surface area contributed by atoms with Gasteiger partial charge in [0.15, 0.2) is 0 Å². The first-order valence-corrected chi connectivity index (χ1v) is 9.54.